The Hall–Kier alpha value is -2.08. The summed E-state index contributed by atoms with van der Waals surface area (Å²) < 4.78 is 1.81. The zero-order valence-electron chi connectivity index (χ0n) is 11.9. The number of hydrogen-bond acceptors (Lipinski definition) is 5. The molecule has 1 atom stereocenters. The Morgan fingerprint density at radius 3 is 2.86 bits per heavy atom. The second-order valence-electron chi connectivity index (χ2n) is 5.41. The summed E-state index contributed by atoms with van der Waals surface area (Å²) in [4.78, 5) is 13.3. The van der Waals surface area contributed by atoms with Crippen molar-refractivity contribution in [3.8, 4) is 0 Å². The first-order valence-electron chi connectivity index (χ1n) is 7.35. The Morgan fingerprint density at radius 1 is 1.19 bits per heavy atom. The van der Waals surface area contributed by atoms with Crippen LogP contribution in [0.15, 0.2) is 30.3 Å². The van der Waals surface area contributed by atoms with Crippen molar-refractivity contribution in [2.75, 3.05) is 6.54 Å². The fourth-order valence-electron chi connectivity index (χ4n) is 2.76. The largest absolute Gasteiger partial charge is 0.302 e. The minimum Gasteiger partial charge on any atom is -0.302 e. The van der Waals surface area contributed by atoms with Crippen LogP contribution >= 0.6 is 0 Å². The molecule has 0 amide bonds. The highest BCUT2D eigenvalue weighted by molar-refractivity contribution is 5.57. The van der Waals surface area contributed by atoms with Crippen LogP contribution in [0.3, 0.4) is 0 Å². The summed E-state index contributed by atoms with van der Waals surface area (Å²) in [6.07, 6.45) is 4.23. The third-order valence-corrected chi connectivity index (χ3v) is 3.95. The molecule has 2 heterocycles. The molecule has 6 heteroatoms. The van der Waals surface area contributed by atoms with Gasteiger partial charge in [-0.15, -0.1) is 5.10 Å². The van der Waals surface area contributed by atoms with Crippen molar-refractivity contribution in [3.05, 3.63) is 41.7 Å². The molecule has 1 fully saturated rings. The first kappa shape index (κ1) is 13.9. The smallest absolute Gasteiger partial charge is 0.165 e. The maximum Gasteiger partial charge on any atom is 0.165 e. The molecule has 1 aromatic carbocycles. The minimum atomic E-state index is 0.000579. The molecule has 0 saturated carbocycles. The Labute approximate surface area is 123 Å². The molecular weight excluding hydrogens is 266 g/mol. The number of rotatable bonds is 5. The number of carbonyl (C=O) groups is 1. The lowest BCUT2D eigenvalue weighted by Crippen LogP contribution is -2.40. The molecule has 0 bridgehead atoms. The number of carbonyl (C=O) groups excluding carboxylic acids is 1. The van der Waals surface area contributed by atoms with E-state index in [9.17, 15) is 4.79 Å². The van der Waals surface area contributed by atoms with Crippen LogP contribution in [0, 0.1) is 0 Å². The van der Waals surface area contributed by atoms with Gasteiger partial charge in [-0.2, -0.15) is 0 Å². The number of aromatic nitrogens is 4. The van der Waals surface area contributed by atoms with Crippen LogP contribution in [0.4, 0.5) is 0 Å². The zero-order valence-corrected chi connectivity index (χ0v) is 11.9. The van der Waals surface area contributed by atoms with E-state index in [1.807, 2.05) is 22.9 Å². The normalized spacial score (nSPS) is 19.5. The van der Waals surface area contributed by atoms with Crippen LogP contribution in [0.2, 0.25) is 0 Å². The third kappa shape index (κ3) is 3.33. The lowest BCUT2D eigenvalue weighted by atomic mass is 10.0. The molecule has 110 valence electrons. The highest BCUT2D eigenvalue weighted by Gasteiger charge is 2.23. The summed E-state index contributed by atoms with van der Waals surface area (Å²) in [7, 11) is 0. The Balaban J connectivity index is 1.71. The number of hydrogen-bond donors (Lipinski definition) is 0. The van der Waals surface area contributed by atoms with Gasteiger partial charge in [-0.3, -0.25) is 4.90 Å². The molecule has 0 spiro atoms. The molecule has 6 nitrogen and oxygen atoms in total. The first-order chi connectivity index (χ1) is 10.4. The van der Waals surface area contributed by atoms with Gasteiger partial charge in [0.2, 0.25) is 0 Å². The standard InChI is InChI=1S/C15H19N5O/c21-12-14-8-4-5-9-19(14)11-15-16-17-18-20(15)10-13-6-2-1-3-7-13/h1-3,6-7,12,14H,4-5,8-11H2. The Kier molecular flexibility index (Phi) is 4.35. The Morgan fingerprint density at radius 2 is 2.05 bits per heavy atom. The highest BCUT2D eigenvalue weighted by Crippen LogP contribution is 2.17. The van der Waals surface area contributed by atoms with Crippen molar-refractivity contribution in [2.45, 2.75) is 38.4 Å². The van der Waals surface area contributed by atoms with Crippen LogP contribution in [-0.4, -0.2) is 44.0 Å². The van der Waals surface area contributed by atoms with E-state index in [-0.39, 0.29) is 6.04 Å². The van der Waals surface area contributed by atoms with Gasteiger partial charge < -0.3 is 4.79 Å². The van der Waals surface area contributed by atoms with Crippen molar-refractivity contribution in [1.29, 1.82) is 0 Å². The lowest BCUT2D eigenvalue weighted by Gasteiger charge is -2.31. The van der Waals surface area contributed by atoms with Crippen LogP contribution in [0.25, 0.3) is 0 Å². The summed E-state index contributed by atoms with van der Waals surface area (Å²) >= 11 is 0. The monoisotopic (exact) mass is 285 g/mol. The van der Waals surface area contributed by atoms with Crippen molar-refractivity contribution < 1.29 is 4.79 Å². The van der Waals surface area contributed by atoms with Gasteiger partial charge in [-0.25, -0.2) is 4.68 Å². The predicted molar refractivity (Wildman–Crippen MR) is 77.5 cm³/mol. The number of nitrogens with zero attached hydrogens (tertiary/aromatic N) is 5. The van der Waals surface area contributed by atoms with Gasteiger partial charge in [0.15, 0.2) is 5.82 Å². The van der Waals surface area contributed by atoms with Crippen molar-refractivity contribution in [1.82, 2.24) is 25.1 Å². The van der Waals surface area contributed by atoms with E-state index < -0.39 is 0 Å². The maximum atomic E-state index is 11.2. The number of tetrazole rings is 1. The van der Waals surface area contributed by atoms with Crippen LogP contribution in [-0.2, 0) is 17.9 Å². The molecular formula is C15H19N5O. The van der Waals surface area contributed by atoms with E-state index in [0.29, 0.717) is 13.1 Å². The maximum absolute atomic E-state index is 11.2. The van der Waals surface area contributed by atoms with Gasteiger partial charge in [-0.1, -0.05) is 36.8 Å². The van der Waals surface area contributed by atoms with Crippen molar-refractivity contribution >= 4 is 6.29 Å². The van der Waals surface area contributed by atoms with Crippen molar-refractivity contribution in [3.63, 3.8) is 0 Å². The molecule has 21 heavy (non-hydrogen) atoms. The fourth-order valence-corrected chi connectivity index (χ4v) is 2.76. The number of piperidine rings is 1. The van der Waals surface area contributed by atoms with E-state index in [0.717, 1.165) is 43.5 Å². The number of likely N-dealkylation sites (tertiary alicyclic amines) is 1. The van der Waals surface area contributed by atoms with Crippen molar-refractivity contribution in [2.24, 2.45) is 0 Å². The predicted octanol–water partition coefficient (Wildman–Crippen LogP) is 1.27. The topological polar surface area (TPSA) is 63.9 Å². The van der Waals surface area contributed by atoms with Crippen LogP contribution in [0.5, 0.6) is 0 Å². The second-order valence-corrected chi connectivity index (χ2v) is 5.41. The number of aldehydes is 1. The van der Waals surface area contributed by atoms with Gasteiger partial charge in [0.1, 0.15) is 6.29 Å². The van der Waals surface area contributed by atoms with Gasteiger partial charge in [0.05, 0.1) is 19.1 Å². The first-order valence-corrected chi connectivity index (χ1v) is 7.35. The second kappa shape index (κ2) is 6.58. The molecule has 2 aromatic rings. The molecule has 1 aliphatic rings. The van der Waals surface area contributed by atoms with E-state index >= 15 is 0 Å². The summed E-state index contributed by atoms with van der Waals surface area (Å²) in [6, 6.07) is 10.1. The minimum absolute atomic E-state index is 0.000579. The van der Waals surface area contributed by atoms with Gasteiger partial charge in [0, 0.05) is 0 Å². The summed E-state index contributed by atoms with van der Waals surface area (Å²) in [5, 5.41) is 12.0. The summed E-state index contributed by atoms with van der Waals surface area (Å²) in [5.74, 6) is 0.813. The van der Waals surface area contributed by atoms with Gasteiger partial charge in [0.25, 0.3) is 0 Å². The molecule has 0 N–H and O–H groups in total. The van der Waals surface area contributed by atoms with E-state index in [1.165, 1.54) is 0 Å². The quantitative estimate of drug-likeness (QED) is 0.774. The van der Waals surface area contributed by atoms with E-state index in [1.54, 1.807) is 0 Å². The molecule has 0 aliphatic carbocycles. The Bertz CT molecular complexity index is 583. The third-order valence-electron chi connectivity index (χ3n) is 3.95. The highest BCUT2D eigenvalue weighted by atomic mass is 16.1. The fraction of sp³-hybridized carbons (Fsp3) is 0.467. The molecule has 1 unspecified atom stereocenters. The van der Waals surface area contributed by atoms with Gasteiger partial charge in [-0.05, 0) is 35.4 Å². The molecule has 0 radical (unpaired) electrons. The van der Waals surface area contributed by atoms with Crippen LogP contribution < -0.4 is 0 Å². The lowest BCUT2D eigenvalue weighted by molar-refractivity contribution is -0.113. The van der Waals surface area contributed by atoms with Gasteiger partial charge >= 0.3 is 0 Å². The number of benzene rings is 1. The molecule has 1 saturated heterocycles. The van der Waals surface area contributed by atoms with E-state index in [4.69, 9.17) is 0 Å². The molecule has 3 rings (SSSR count). The summed E-state index contributed by atoms with van der Waals surface area (Å²) in [6.45, 7) is 2.22. The van der Waals surface area contributed by atoms with E-state index in [2.05, 4.69) is 32.6 Å². The molecule has 1 aromatic heterocycles. The summed E-state index contributed by atoms with van der Waals surface area (Å²) in [5.41, 5.74) is 1.16. The average molecular weight is 285 g/mol. The SMILES string of the molecule is O=CC1CCCCN1Cc1nnnn1Cc1ccccc1. The van der Waals surface area contributed by atoms with Crippen LogP contribution in [0.1, 0.15) is 30.7 Å². The average Bonchev–Trinajstić information content (AvgIpc) is 2.96. The zero-order chi connectivity index (χ0) is 14.5. The molecule has 1 aliphatic heterocycles.